The highest BCUT2D eigenvalue weighted by molar-refractivity contribution is 5.96. The van der Waals surface area contributed by atoms with E-state index in [2.05, 4.69) is 10.00 Å². The van der Waals surface area contributed by atoms with E-state index in [1.807, 2.05) is 24.3 Å². The Hall–Kier alpha value is -2.94. The average Bonchev–Trinajstić information content (AvgIpc) is 3.04. The summed E-state index contributed by atoms with van der Waals surface area (Å²) in [7, 11) is 3.18. The lowest BCUT2D eigenvalue weighted by atomic mass is 10.2. The molecule has 1 fully saturated rings. The molecule has 0 N–H and O–H groups in total. The predicted molar refractivity (Wildman–Crippen MR) is 94.0 cm³/mol. The van der Waals surface area contributed by atoms with Gasteiger partial charge >= 0.3 is 5.69 Å². The fourth-order valence-electron chi connectivity index (χ4n) is 3.10. The molecule has 9 nitrogen and oxygen atoms in total. The van der Waals surface area contributed by atoms with Crippen LogP contribution in [-0.2, 0) is 13.6 Å². The fourth-order valence-corrected chi connectivity index (χ4v) is 3.10. The number of hydrogen-bond acceptors (Lipinski definition) is 6. The first-order valence-corrected chi connectivity index (χ1v) is 8.30. The van der Waals surface area contributed by atoms with Crippen LogP contribution >= 0.6 is 0 Å². The summed E-state index contributed by atoms with van der Waals surface area (Å²) in [5.74, 6) is 0.470. The van der Waals surface area contributed by atoms with Gasteiger partial charge in [0.25, 0.3) is 5.91 Å². The van der Waals surface area contributed by atoms with Crippen LogP contribution in [0.1, 0.15) is 16.1 Å². The van der Waals surface area contributed by atoms with E-state index in [1.165, 1.54) is 4.68 Å². The van der Waals surface area contributed by atoms with Gasteiger partial charge in [0.2, 0.25) is 5.69 Å². The quantitative estimate of drug-likeness (QED) is 0.590. The molecule has 1 aliphatic rings. The molecule has 9 heteroatoms. The van der Waals surface area contributed by atoms with Gasteiger partial charge in [0, 0.05) is 39.8 Å². The lowest BCUT2D eigenvalue weighted by molar-refractivity contribution is -0.385. The Morgan fingerprint density at radius 3 is 2.69 bits per heavy atom. The maximum atomic E-state index is 12.7. The number of aryl methyl sites for hydroxylation is 1. The van der Waals surface area contributed by atoms with Gasteiger partial charge in [-0.15, -0.1) is 0 Å². The van der Waals surface area contributed by atoms with Crippen LogP contribution in [0.2, 0.25) is 0 Å². The Morgan fingerprint density at radius 1 is 1.31 bits per heavy atom. The van der Waals surface area contributed by atoms with Gasteiger partial charge < -0.3 is 9.64 Å². The van der Waals surface area contributed by atoms with Crippen LogP contribution in [0.3, 0.4) is 0 Å². The van der Waals surface area contributed by atoms with Crippen LogP contribution in [0.15, 0.2) is 30.5 Å². The first-order valence-electron chi connectivity index (χ1n) is 8.30. The second kappa shape index (κ2) is 7.52. The van der Waals surface area contributed by atoms with Crippen LogP contribution in [0.4, 0.5) is 5.69 Å². The number of benzene rings is 1. The SMILES string of the molecule is COc1cccc(CN2CCN(C(=O)c3c([N+](=O)[O-])cnn3C)CC2)c1. The lowest BCUT2D eigenvalue weighted by Crippen LogP contribution is -2.48. The number of carbonyl (C=O) groups is 1. The Morgan fingerprint density at radius 2 is 2.04 bits per heavy atom. The van der Waals surface area contributed by atoms with Crippen molar-refractivity contribution in [3.05, 3.63) is 51.8 Å². The normalized spacial score (nSPS) is 15.1. The van der Waals surface area contributed by atoms with E-state index in [1.54, 1.807) is 19.1 Å². The molecule has 1 amide bonds. The maximum absolute atomic E-state index is 12.7. The topological polar surface area (TPSA) is 93.7 Å². The van der Waals surface area contributed by atoms with Crippen molar-refractivity contribution in [2.45, 2.75) is 6.54 Å². The third kappa shape index (κ3) is 3.67. The Kier molecular flexibility index (Phi) is 5.17. The molecule has 0 spiro atoms. The van der Waals surface area contributed by atoms with E-state index in [0.717, 1.165) is 24.1 Å². The van der Waals surface area contributed by atoms with E-state index in [0.29, 0.717) is 26.2 Å². The monoisotopic (exact) mass is 359 g/mol. The number of hydrogen-bond donors (Lipinski definition) is 0. The largest absolute Gasteiger partial charge is 0.497 e. The van der Waals surface area contributed by atoms with Gasteiger partial charge in [-0.3, -0.25) is 24.5 Å². The van der Waals surface area contributed by atoms with E-state index < -0.39 is 4.92 Å². The Balaban J connectivity index is 1.62. The zero-order chi connectivity index (χ0) is 18.7. The summed E-state index contributed by atoms with van der Waals surface area (Å²) in [6.45, 7) is 3.21. The smallest absolute Gasteiger partial charge is 0.320 e. The third-order valence-electron chi connectivity index (χ3n) is 4.52. The molecule has 2 aromatic rings. The van der Waals surface area contributed by atoms with Gasteiger partial charge in [0.05, 0.1) is 12.0 Å². The van der Waals surface area contributed by atoms with Crippen molar-refractivity contribution >= 4 is 11.6 Å². The molecular weight excluding hydrogens is 338 g/mol. The molecule has 1 aromatic carbocycles. The lowest BCUT2D eigenvalue weighted by Gasteiger charge is -2.34. The molecule has 0 saturated carbocycles. The summed E-state index contributed by atoms with van der Waals surface area (Å²) < 4.78 is 6.51. The van der Waals surface area contributed by atoms with Crippen molar-refractivity contribution in [2.24, 2.45) is 7.05 Å². The first kappa shape index (κ1) is 17.9. The van der Waals surface area contributed by atoms with Gasteiger partial charge in [0.15, 0.2) is 0 Å². The van der Waals surface area contributed by atoms with Crippen molar-refractivity contribution in [2.75, 3.05) is 33.3 Å². The zero-order valence-corrected chi connectivity index (χ0v) is 14.8. The number of amides is 1. The second-order valence-corrected chi connectivity index (χ2v) is 6.18. The van der Waals surface area contributed by atoms with Crippen molar-refractivity contribution in [1.29, 1.82) is 0 Å². The molecule has 3 rings (SSSR count). The van der Waals surface area contributed by atoms with E-state index >= 15 is 0 Å². The minimum absolute atomic E-state index is 0.0243. The van der Waals surface area contributed by atoms with Gasteiger partial charge in [-0.2, -0.15) is 5.10 Å². The first-order chi connectivity index (χ1) is 12.5. The van der Waals surface area contributed by atoms with Crippen LogP contribution in [0.5, 0.6) is 5.75 Å². The average molecular weight is 359 g/mol. The van der Waals surface area contributed by atoms with E-state index in [4.69, 9.17) is 4.74 Å². The highest BCUT2D eigenvalue weighted by atomic mass is 16.6. The number of aromatic nitrogens is 2. The molecule has 0 unspecified atom stereocenters. The summed E-state index contributed by atoms with van der Waals surface area (Å²) in [4.78, 5) is 27.1. The van der Waals surface area contributed by atoms with Gasteiger partial charge in [0.1, 0.15) is 11.9 Å². The zero-order valence-electron chi connectivity index (χ0n) is 14.8. The Labute approximate surface area is 150 Å². The molecule has 1 aromatic heterocycles. The molecule has 26 heavy (non-hydrogen) atoms. The Bertz CT molecular complexity index is 811. The highest BCUT2D eigenvalue weighted by Crippen LogP contribution is 2.20. The summed E-state index contributed by atoms with van der Waals surface area (Å²) in [6.07, 6.45) is 1.12. The predicted octanol–water partition coefficient (Wildman–Crippen LogP) is 1.29. The van der Waals surface area contributed by atoms with E-state index in [9.17, 15) is 14.9 Å². The summed E-state index contributed by atoms with van der Waals surface area (Å²) in [5.41, 5.74) is 0.916. The summed E-state index contributed by atoms with van der Waals surface area (Å²) >= 11 is 0. The molecule has 0 atom stereocenters. The standard InChI is InChI=1S/C17H21N5O4/c1-19-16(15(11-18-19)22(24)25)17(23)21-8-6-20(7-9-21)12-13-4-3-5-14(10-13)26-2/h3-5,10-11H,6-9,12H2,1-2H3. The van der Waals surface area contributed by atoms with E-state index in [-0.39, 0.29) is 17.3 Å². The molecule has 0 bridgehead atoms. The van der Waals surface area contributed by atoms with Gasteiger partial charge in [-0.1, -0.05) is 12.1 Å². The number of methoxy groups -OCH3 is 1. The van der Waals surface area contributed by atoms with Crippen molar-refractivity contribution in [1.82, 2.24) is 19.6 Å². The number of nitrogens with zero attached hydrogens (tertiary/aromatic N) is 5. The number of piperazine rings is 1. The van der Waals surface area contributed by atoms with Crippen LogP contribution < -0.4 is 4.74 Å². The van der Waals surface area contributed by atoms with Crippen LogP contribution in [0.25, 0.3) is 0 Å². The minimum Gasteiger partial charge on any atom is -0.497 e. The molecule has 138 valence electrons. The molecular formula is C17H21N5O4. The highest BCUT2D eigenvalue weighted by Gasteiger charge is 2.31. The molecule has 1 aliphatic heterocycles. The van der Waals surface area contributed by atoms with Crippen molar-refractivity contribution in [3.63, 3.8) is 0 Å². The maximum Gasteiger partial charge on any atom is 0.320 e. The van der Waals surface area contributed by atoms with Gasteiger partial charge in [-0.05, 0) is 17.7 Å². The number of ether oxygens (including phenoxy) is 1. The van der Waals surface area contributed by atoms with Crippen LogP contribution in [0, 0.1) is 10.1 Å². The molecule has 1 saturated heterocycles. The minimum atomic E-state index is -0.570. The number of rotatable bonds is 5. The molecule has 0 radical (unpaired) electrons. The van der Waals surface area contributed by atoms with Gasteiger partial charge in [-0.25, -0.2) is 0 Å². The summed E-state index contributed by atoms with van der Waals surface area (Å²) in [6, 6.07) is 7.89. The summed E-state index contributed by atoms with van der Waals surface area (Å²) in [5, 5.41) is 14.9. The molecule has 0 aliphatic carbocycles. The van der Waals surface area contributed by atoms with Crippen molar-refractivity contribution < 1.29 is 14.5 Å². The third-order valence-corrected chi connectivity index (χ3v) is 4.52. The second-order valence-electron chi connectivity index (χ2n) is 6.18. The molecule has 2 heterocycles. The van der Waals surface area contributed by atoms with Crippen molar-refractivity contribution in [3.8, 4) is 5.75 Å². The van der Waals surface area contributed by atoms with Crippen LogP contribution in [-0.4, -0.2) is 63.7 Å². The number of nitro groups is 1. The number of carbonyl (C=O) groups excluding carboxylic acids is 1. The fraction of sp³-hybridized carbons (Fsp3) is 0.412.